The van der Waals surface area contributed by atoms with E-state index in [-0.39, 0.29) is 6.03 Å². The molecule has 3 heteroatoms. The molecular weight excluding hydrogens is 260 g/mol. The van der Waals surface area contributed by atoms with Crippen molar-refractivity contribution < 1.29 is 4.79 Å². The first-order valence-electron chi connectivity index (χ1n) is 7.27. The number of amides is 2. The van der Waals surface area contributed by atoms with Crippen molar-refractivity contribution >= 4 is 6.03 Å². The molecule has 0 aliphatic heterocycles. The third-order valence-corrected chi connectivity index (χ3v) is 3.48. The number of hydrogen-bond donors (Lipinski definition) is 2. The summed E-state index contributed by atoms with van der Waals surface area (Å²) in [5.74, 6) is 0. The van der Waals surface area contributed by atoms with Crippen LogP contribution in [0, 0.1) is 13.8 Å². The number of nitrogens with one attached hydrogen (secondary N) is 2. The molecule has 21 heavy (non-hydrogen) atoms. The van der Waals surface area contributed by atoms with Gasteiger partial charge >= 0.3 is 6.03 Å². The summed E-state index contributed by atoms with van der Waals surface area (Å²) in [4.78, 5) is 11.8. The van der Waals surface area contributed by atoms with Gasteiger partial charge in [0.05, 0.1) is 0 Å². The van der Waals surface area contributed by atoms with Gasteiger partial charge in [0.25, 0.3) is 0 Å². The maximum atomic E-state index is 11.8. The Morgan fingerprint density at radius 2 is 1.81 bits per heavy atom. The molecule has 0 aromatic heterocycles. The number of benzene rings is 2. The molecule has 0 aliphatic carbocycles. The number of aryl methyl sites for hydroxylation is 2. The lowest BCUT2D eigenvalue weighted by molar-refractivity contribution is 0.240. The summed E-state index contributed by atoms with van der Waals surface area (Å²) in [6, 6.07) is 16.3. The van der Waals surface area contributed by atoms with E-state index in [9.17, 15) is 4.79 Å². The zero-order valence-corrected chi connectivity index (χ0v) is 12.6. The zero-order chi connectivity index (χ0) is 15.1. The lowest BCUT2D eigenvalue weighted by atomic mass is 10.1. The van der Waals surface area contributed by atoms with Crippen LogP contribution in [0.1, 0.15) is 22.3 Å². The summed E-state index contributed by atoms with van der Waals surface area (Å²) in [5, 5.41) is 5.77. The van der Waals surface area contributed by atoms with Crippen molar-refractivity contribution in [1.82, 2.24) is 10.6 Å². The molecule has 2 aromatic rings. The standard InChI is InChI=1S/C18H22N2O/c1-14-6-5-8-16(12-14)13-20-18(21)19-11-10-17-9-4-3-7-15(17)2/h3-9,12H,10-11,13H2,1-2H3,(H2,19,20,21). The summed E-state index contributed by atoms with van der Waals surface area (Å²) < 4.78 is 0. The minimum atomic E-state index is -0.120. The average Bonchev–Trinajstić information content (AvgIpc) is 2.47. The van der Waals surface area contributed by atoms with Crippen molar-refractivity contribution in [3.63, 3.8) is 0 Å². The largest absolute Gasteiger partial charge is 0.338 e. The quantitative estimate of drug-likeness (QED) is 0.867. The van der Waals surface area contributed by atoms with Crippen LogP contribution in [0.15, 0.2) is 48.5 Å². The topological polar surface area (TPSA) is 41.1 Å². The van der Waals surface area contributed by atoms with Gasteiger partial charge in [0, 0.05) is 13.1 Å². The fourth-order valence-corrected chi connectivity index (χ4v) is 2.27. The zero-order valence-electron chi connectivity index (χ0n) is 12.6. The minimum absolute atomic E-state index is 0.120. The number of rotatable bonds is 5. The van der Waals surface area contributed by atoms with E-state index in [1.165, 1.54) is 16.7 Å². The molecule has 0 saturated carbocycles. The van der Waals surface area contributed by atoms with E-state index in [1.807, 2.05) is 37.3 Å². The average molecular weight is 282 g/mol. The van der Waals surface area contributed by atoms with E-state index < -0.39 is 0 Å². The van der Waals surface area contributed by atoms with Gasteiger partial charge in [-0.05, 0) is 37.0 Å². The number of hydrogen-bond acceptors (Lipinski definition) is 1. The molecule has 0 saturated heterocycles. The second-order valence-electron chi connectivity index (χ2n) is 5.27. The first kappa shape index (κ1) is 15.1. The van der Waals surface area contributed by atoms with Crippen molar-refractivity contribution in [1.29, 1.82) is 0 Å². The van der Waals surface area contributed by atoms with Crippen LogP contribution >= 0.6 is 0 Å². The van der Waals surface area contributed by atoms with E-state index in [1.54, 1.807) is 0 Å². The molecule has 0 radical (unpaired) electrons. The van der Waals surface area contributed by atoms with Gasteiger partial charge in [0.15, 0.2) is 0 Å². The van der Waals surface area contributed by atoms with Crippen LogP contribution < -0.4 is 10.6 Å². The molecule has 0 fully saturated rings. The highest BCUT2D eigenvalue weighted by atomic mass is 16.2. The minimum Gasteiger partial charge on any atom is -0.338 e. The number of urea groups is 1. The normalized spacial score (nSPS) is 10.2. The monoisotopic (exact) mass is 282 g/mol. The Kier molecular flexibility index (Phi) is 5.38. The third kappa shape index (κ3) is 4.95. The second-order valence-corrected chi connectivity index (χ2v) is 5.27. The molecular formula is C18H22N2O. The molecule has 0 bridgehead atoms. The van der Waals surface area contributed by atoms with Crippen molar-refractivity contribution in [2.24, 2.45) is 0 Å². The predicted octanol–water partition coefficient (Wildman–Crippen LogP) is 3.35. The van der Waals surface area contributed by atoms with Crippen molar-refractivity contribution in [3.8, 4) is 0 Å². The Balaban J connectivity index is 1.72. The Morgan fingerprint density at radius 3 is 2.57 bits per heavy atom. The molecule has 0 atom stereocenters. The highest BCUT2D eigenvalue weighted by Crippen LogP contribution is 2.06. The molecule has 110 valence electrons. The summed E-state index contributed by atoms with van der Waals surface area (Å²) in [5.41, 5.74) is 4.86. The SMILES string of the molecule is Cc1cccc(CNC(=O)NCCc2ccccc2C)c1. The van der Waals surface area contributed by atoms with Gasteiger partial charge in [0.2, 0.25) is 0 Å². The summed E-state index contributed by atoms with van der Waals surface area (Å²) in [7, 11) is 0. The highest BCUT2D eigenvalue weighted by molar-refractivity contribution is 5.73. The van der Waals surface area contributed by atoms with Crippen molar-refractivity contribution in [2.75, 3.05) is 6.54 Å². The summed E-state index contributed by atoms with van der Waals surface area (Å²) in [6.07, 6.45) is 0.852. The molecule has 0 aliphatic rings. The van der Waals surface area contributed by atoms with Gasteiger partial charge < -0.3 is 10.6 Å². The van der Waals surface area contributed by atoms with Crippen LogP contribution in [0.25, 0.3) is 0 Å². The Hall–Kier alpha value is -2.29. The van der Waals surface area contributed by atoms with Gasteiger partial charge in [-0.25, -0.2) is 4.79 Å². The highest BCUT2D eigenvalue weighted by Gasteiger charge is 2.01. The van der Waals surface area contributed by atoms with Crippen LogP contribution in [0.4, 0.5) is 4.79 Å². The maximum absolute atomic E-state index is 11.8. The molecule has 3 nitrogen and oxygen atoms in total. The van der Waals surface area contributed by atoms with Crippen molar-refractivity contribution in [2.45, 2.75) is 26.8 Å². The van der Waals surface area contributed by atoms with E-state index in [4.69, 9.17) is 0 Å². The fourth-order valence-electron chi connectivity index (χ4n) is 2.27. The van der Waals surface area contributed by atoms with Gasteiger partial charge in [-0.3, -0.25) is 0 Å². The van der Waals surface area contributed by atoms with Gasteiger partial charge in [-0.15, -0.1) is 0 Å². The summed E-state index contributed by atoms with van der Waals surface area (Å²) >= 11 is 0. The van der Waals surface area contributed by atoms with Crippen LogP contribution in [0.3, 0.4) is 0 Å². The molecule has 2 rings (SSSR count). The Bertz CT molecular complexity index is 608. The Labute approximate surface area is 126 Å². The number of carbonyl (C=O) groups is 1. The molecule has 0 heterocycles. The molecule has 0 spiro atoms. The molecule has 2 aromatic carbocycles. The van der Waals surface area contributed by atoms with E-state index in [0.29, 0.717) is 13.1 Å². The van der Waals surface area contributed by atoms with Crippen LogP contribution in [-0.4, -0.2) is 12.6 Å². The maximum Gasteiger partial charge on any atom is 0.315 e. The predicted molar refractivity (Wildman–Crippen MR) is 86.3 cm³/mol. The molecule has 2 N–H and O–H groups in total. The first-order valence-corrected chi connectivity index (χ1v) is 7.27. The summed E-state index contributed by atoms with van der Waals surface area (Å²) in [6.45, 7) is 5.33. The van der Waals surface area contributed by atoms with Crippen LogP contribution in [0.2, 0.25) is 0 Å². The van der Waals surface area contributed by atoms with Crippen LogP contribution in [-0.2, 0) is 13.0 Å². The van der Waals surface area contributed by atoms with Gasteiger partial charge in [-0.1, -0.05) is 54.1 Å². The first-order chi connectivity index (χ1) is 10.1. The van der Waals surface area contributed by atoms with Crippen LogP contribution in [0.5, 0.6) is 0 Å². The van der Waals surface area contributed by atoms with E-state index >= 15 is 0 Å². The van der Waals surface area contributed by atoms with E-state index in [2.05, 4.69) is 35.8 Å². The van der Waals surface area contributed by atoms with Crippen molar-refractivity contribution in [3.05, 3.63) is 70.8 Å². The number of carbonyl (C=O) groups excluding carboxylic acids is 1. The smallest absolute Gasteiger partial charge is 0.315 e. The lowest BCUT2D eigenvalue weighted by Gasteiger charge is -2.09. The Morgan fingerprint density at radius 1 is 1.00 bits per heavy atom. The van der Waals surface area contributed by atoms with E-state index in [0.717, 1.165) is 12.0 Å². The van der Waals surface area contributed by atoms with Gasteiger partial charge in [0.1, 0.15) is 0 Å². The molecule has 0 unspecified atom stereocenters. The lowest BCUT2D eigenvalue weighted by Crippen LogP contribution is -2.36. The fraction of sp³-hybridized carbons (Fsp3) is 0.278. The van der Waals surface area contributed by atoms with Gasteiger partial charge in [-0.2, -0.15) is 0 Å². The third-order valence-electron chi connectivity index (χ3n) is 3.48. The molecule has 2 amide bonds. The second kappa shape index (κ2) is 7.48.